The van der Waals surface area contributed by atoms with Crippen molar-refractivity contribution in [2.45, 2.75) is 112 Å². The van der Waals surface area contributed by atoms with Crippen molar-refractivity contribution < 1.29 is 39.0 Å². The predicted octanol–water partition coefficient (Wildman–Crippen LogP) is 1.01. The predicted molar refractivity (Wildman–Crippen MR) is 114 cm³/mol. The Bertz CT molecular complexity index is 683. The molecule has 0 aliphatic carbocycles. The number of hydrogen-bond acceptors (Lipinski definition) is 8. The summed E-state index contributed by atoms with van der Waals surface area (Å²) in [5.41, 5.74) is 0. The van der Waals surface area contributed by atoms with Gasteiger partial charge in [0, 0.05) is 32.5 Å². The topological polar surface area (TPSA) is 107 Å². The third kappa shape index (κ3) is 4.98. The molecular formula is C24H36O8. The summed E-state index contributed by atoms with van der Waals surface area (Å²) in [5, 5.41) is 29.8. The molecule has 5 heterocycles. The molecular weight excluding hydrogens is 416 g/mol. The molecule has 0 unspecified atom stereocenters. The number of ether oxygens (including phenoxy) is 5. The minimum absolute atomic E-state index is 0.0440. The second-order valence-corrected chi connectivity index (χ2v) is 9.67. The van der Waals surface area contributed by atoms with E-state index in [1.54, 1.807) is 6.08 Å². The third-order valence-electron chi connectivity index (χ3n) is 7.36. The first-order valence-corrected chi connectivity index (χ1v) is 12.2. The van der Waals surface area contributed by atoms with Crippen molar-refractivity contribution in [3.05, 3.63) is 24.3 Å². The lowest BCUT2D eigenvalue weighted by molar-refractivity contribution is -0.253. The maximum Gasteiger partial charge on any atom is 0.103 e. The van der Waals surface area contributed by atoms with Gasteiger partial charge in [0.05, 0.1) is 54.9 Å². The van der Waals surface area contributed by atoms with E-state index in [1.165, 1.54) is 0 Å². The Kier molecular flexibility index (Phi) is 7.30. The fraction of sp³-hybridized carbons (Fsp3) is 0.833. The van der Waals surface area contributed by atoms with E-state index < -0.39 is 6.10 Å². The molecule has 0 aromatic rings. The molecule has 5 aliphatic heterocycles. The molecule has 0 spiro atoms. The Morgan fingerprint density at radius 1 is 0.750 bits per heavy atom. The van der Waals surface area contributed by atoms with Crippen molar-refractivity contribution >= 4 is 0 Å². The summed E-state index contributed by atoms with van der Waals surface area (Å²) in [6.45, 7) is 0.621. The Morgan fingerprint density at radius 3 is 2.31 bits per heavy atom. The van der Waals surface area contributed by atoms with Gasteiger partial charge in [0.1, 0.15) is 12.2 Å². The Balaban J connectivity index is 1.28. The number of rotatable bonds is 3. The number of aliphatic hydroxyl groups excluding tert-OH is 3. The molecule has 11 atom stereocenters. The number of aliphatic hydroxyl groups is 3. The summed E-state index contributed by atoms with van der Waals surface area (Å²) in [5.74, 6) is 0. The van der Waals surface area contributed by atoms with Crippen LogP contribution in [0.25, 0.3) is 0 Å². The third-order valence-corrected chi connectivity index (χ3v) is 7.36. The van der Waals surface area contributed by atoms with Crippen LogP contribution in [0.2, 0.25) is 0 Å². The van der Waals surface area contributed by atoms with Crippen LogP contribution in [-0.2, 0) is 23.7 Å². The van der Waals surface area contributed by atoms with Gasteiger partial charge in [-0.2, -0.15) is 0 Å². The van der Waals surface area contributed by atoms with Gasteiger partial charge in [-0.3, -0.25) is 0 Å². The van der Waals surface area contributed by atoms with E-state index in [2.05, 4.69) is 0 Å². The van der Waals surface area contributed by atoms with Gasteiger partial charge in [-0.05, 0) is 25.7 Å². The second kappa shape index (κ2) is 10.2. The summed E-state index contributed by atoms with van der Waals surface area (Å²) >= 11 is 0. The zero-order valence-electron chi connectivity index (χ0n) is 18.4. The highest BCUT2D eigenvalue weighted by molar-refractivity contribution is 5.10. The molecule has 8 nitrogen and oxygen atoms in total. The molecule has 180 valence electrons. The molecule has 0 aromatic heterocycles. The van der Waals surface area contributed by atoms with E-state index >= 15 is 0 Å². The molecule has 0 bridgehead atoms. The van der Waals surface area contributed by atoms with Gasteiger partial charge >= 0.3 is 0 Å². The molecule has 3 saturated heterocycles. The minimum atomic E-state index is -0.697. The molecule has 32 heavy (non-hydrogen) atoms. The lowest BCUT2D eigenvalue weighted by atomic mass is 9.89. The Hall–Kier alpha value is -0.840. The zero-order chi connectivity index (χ0) is 22.1. The lowest BCUT2D eigenvalue weighted by Gasteiger charge is -2.47. The van der Waals surface area contributed by atoms with E-state index in [0.717, 1.165) is 12.8 Å². The van der Waals surface area contributed by atoms with Crippen LogP contribution in [0.4, 0.5) is 0 Å². The van der Waals surface area contributed by atoms with Crippen molar-refractivity contribution in [3.63, 3.8) is 0 Å². The van der Waals surface area contributed by atoms with Gasteiger partial charge in [-0.25, -0.2) is 0 Å². The van der Waals surface area contributed by atoms with E-state index in [4.69, 9.17) is 23.7 Å². The highest BCUT2D eigenvalue weighted by Crippen LogP contribution is 2.39. The second-order valence-electron chi connectivity index (χ2n) is 9.67. The van der Waals surface area contributed by atoms with Gasteiger partial charge in [-0.1, -0.05) is 24.3 Å². The Labute approximate surface area is 189 Å². The minimum Gasteiger partial charge on any atom is -0.396 e. The molecule has 3 N–H and O–H groups in total. The van der Waals surface area contributed by atoms with Crippen LogP contribution in [0.15, 0.2) is 24.3 Å². The van der Waals surface area contributed by atoms with Crippen LogP contribution in [-0.4, -0.2) is 95.7 Å². The van der Waals surface area contributed by atoms with Crippen LogP contribution in [0, 0.1) is 0 Å². The molecule has 3 fully saturated rings. The van der Waals surface area contributed by atoms with Gasteiger partial charge < -0.3 is 39.0 Å². The Morgan fingerprint density at radius 2 is 1.47 bits per heavy atom. The summed E-state index contributed by atoms with van der Waals surface area (Å²) in [4.78, 5) is 0. The quantitative estimate of drug-likeness (QED) is 0.545. The summed E-state index contributed by atoms with van der Waals surface area (Å²) < 4.78 is 31.6. The van der Waals surface area contributed by atoms with E-state index in [-0.39, 0.29) is 67.6 Å². The average Bonchev–Trinajstić information content (AvgIpc) is 3.04. The van der Waals surface area contributed by atoms with Crippen LogP contribution in [0.5, 0.6) is 0 Å². The SMILES string of the molecule is OCCC[C@H]1O[C@H]2C=C[C@H]3O[C@H]4C[C@H]5OCC[C@H](O)C[C@@H]5O[C@@H]4C[C@@H]3O[C@@H]2C/C=C\[C@@H]1O. The van der Waals surface area contributed by atoms with Gasteiger partial charge in [0.2, 0.25) is 0 Å². The largest absolute Gasteiger partial charge is 0.396 e. The van der Waals surface area contributed by atoms with Crippen molar-refractivity contribution in [3.8, 4) is 0 Å². The highest BCUT2D eigenvalue weighted by Gasteiger charge is 2.48. The number of fused-ring (bicyclic) bond motifs is 4. The summed E-state index contributed by atoms with van der Waals surface area (Å²) in [6, 6.07) is 0. The van der Waals surface area contributed by atoms with Crippen molar-refractivity contribution in [1.29, 1.82) is 0 Å². The van der Waals surface area contributed by atoms with E-state index in [1.807, 2.05) is 18.2 Å². The molecule has 5 rings (SSSR count). The van der Waals surface area contributed by atoms with Crippen molar-refractivity contribution in [2.75, 3.05) is 13.2 Å². The van der Waals surface area contributed by atoms with Crippen molar-refractivity contribution in [2.24, 2.45) is 0 Å². The summed E-state index contributed by atoms with van der Waals surface area (Å²) in [6.07, 6.45) is 9.74. The maximum atomic E-state index is 10.4. The summed E-state index contributed by atoms with van der Waals surface area (Å²) in [7, 11) is 0. The van der Waals surface area contributed by atoms with Crippen LogP contribution >= 0.6 is 0 Å². The van der Waals surface area contributed by atoms with E-state index in [0.29, 0.717) is 38.7 Å². The van der Waals surface area contributed by atoms with Crippen molar-refractivity contribution in [1.82, 2.24) is 0 Å². The fourth-order valence-electron chi connectivity index (χ4n) is 5.62. The molecule has 0 aromatic carbocycles. The van der Waals surface area contributed by atoms with Crippen LogP contribution in [0.1, 0.15) is 44.9 Å². The van der Waals surface area contributed by atoms with Gasteiger partial charge in [0.25, 0.3) is 0 Å². The lowest BCUT2D eigenvalue weighted by Crippen LogP contribution is -2.56. The monoisotopic (exact) mass is 452 g/mol. The highest BCUT2D eigenvalue weighted by atomic mass is 16.6. The van der Waals surface area contributed by atoms with Gasteiger partial charge in [-0.15, -0.1) is 0 Å². The first kappa shape index (κ1) is 22.9. The standard InChI is InChI=1S/C24H36O8/c25-9-2-5-16-15(27)3-1-4-17-18(29-16)6-7-19-22(30-17)13-24-23(31-19)12-20-21(32-24)11-14(26)8-10-28-20/h1,3,6-7,14-27H,2,4-5,8-13H2/b3-1-/t14-,15-,16+,17+,18-,19+,20+,21-,22-,23-,24+/m0/s1. The maximum absolute atomic E-state index is 10.4. The van der Waals surface area contributed by atoms with Gasteiger partial charge in [0.15, 0.2) is 0 Å². The van der Waals surface area contributed by atoms with Crippen LogP contribution < -0.4 is 0 Å². The molecule has 5 aliphatic rings. The molecule has 0 saturated carbocycles. The normalized spacial score (nSPS) is 49.8. The smallest absolute Gasteiger partial charge is 0.103 e. The zero-order valence-corrected chi connectivity index (χ0v) is 18.4. The first-order chi connectivity index (χ1) is 15.6. The first-order valence-electron chi connectivity index (χ1n) is 12.2. The van der Waals surface area contributed by atoms with Crippen LogP contribution in [0.3, 0.4) is 0 Å². The molecule has 0 radical (unpaired) electrons. The average molecular weight is 453 g/mol. The number of hydrogen-bond donors (Lipinski definition) is 3. The molecule has 8 heteroatoms. The fourth-order valence-corrected chi connectivity index (χ4v) is 5.62. The molecule has 0 amide bonds. The van der Waals surface area contributed by atoms with E-state index in [9.17, 15) is 15.3 Å².